The Kier molecular flexibility index (Phi) is 6.21. The van der Waals surface area contributed by atoms with Crippen molar-refractivity contribution in [2.75, 3.05) is 23.7 Å². The molecule has 1 aliphatic heterocycles. The molecule has 1 aromatic carbocycles. The summed E-state index contributed by atoms with van der Waals surface area (Å²) in [6, 6.07) is 4.75. The third kappa shape index (κ3) is 4.26. The molecule has 1 heterocycles. The van der Waals surface area contributed by atoms with Crippen molar-refractivity contribution in [3.63, 3.8) is 0 Å². The fourth-order valence-corrected chi connectivity index (χ4v) is 4.36. The molecule has 1 amide bonds. The molecule has 1 fully saturated rings. The zero-order valence-corrected chi connectivity index (χ0v) is 15.1. The van der Waals surface area contributed by atoms with Crippen LogP contribution < -0.4 is 4.31 Å². The summed E-state index contributed by atoms with van der Waals surface area (Å²) in [6.45, 7) is 3.01. The topological polar surface area (TPSA) is 57.7 Å². The zero-order chi connectivity index (χ0) is 17.7. The van der Waals surface area contributed by atoms with E-state index in [0.29, 0.717) is 13.1 Å². The van der Waals surface area contributed by atoms with Crippen molar-refractivity contribution in [1.82, 2.24) is 4.90 Å². The summed E-state index contributed by atoms with van der Waals surface area (Å²) in [5.41, 5.74) is -0.0741. The number of amides is 1. The third-order valence-electron chi connectivity index (χ3n) is 4.32. The largest absolute Gasteiger partial charge is 0.341 e. The number of hydrogen-bond acceptors (Lipinski definition) is 3. The SMILES string of the molecule is CC[C@H](C(=O)N1CCCCCC1)N(c1ccccc1F)S(C)(=O)=O. The summed E-state index contributed by atoms with van der Waals surface area (Å²) in [7, 11) is -3.80. The molecule has 5 nitrogen and oxygen atoms in total. The van der Waals surface area contributed by atoms with Gasteiger partial charge in [0.25, 0.3) is 0 Å². The van der Waals surface area contributed by atoms with Crippen molar-refractivity contribution in [3.8, 4) is 0 Å². The van der Waals surface area contributed by atoms with Crippen LogP contribution in [-0.4, -0.2) is 44.6 Å². The quantitative estimate of drug-likeness (QED) is 0.815. The molecule has 2 rings (SSSR count). The first kappa shape index (κ1) is 18.7. The Labute approximate surface area is 143 Å². The maximum Gasteiger partial charge on any atom is 0.246 e. The van der Waals surface area contributed by atoms with E-state index in [4.69, 9.17) is 0 Å². The van der Waals surface area contributed by atoms with Crippen LogP contribution in [0.5, 0.6) is 0 Å². The minimum Gasteiger partial charge on any atom is -0.341 e. The Balaban J connectivity index is 2.39. The van der Waals surface area contributed by atoms with E-state index in [1.54, 1.807) is 17.9 Å². The number of nitrogens with zero attached hydrogens (tertiary/aromatic N) is 2. The van der Waals surface area contributed by atoms with E-state index in [1.807, 2.05) is 0 Å². The van der Waals surface area contributed by atoms with E-state index in [0.717, 1.165) is 36.2 Å². The lowest BCUT2D eigenvalue weighted by Gasteiger charge is -2.34. The Morgan fingerprint density at radius 2 is 1.79 bits per heavy atom. The van der Waals surface area contributed by atoms with Gasteiger partial charge in [-0.05, 0) is 31.4 Å². The van der Waals surface area contributed by atoms with E-state index < -0.39 is 21.9 Å². The van der Waals surface area contributed by atoms with Gasteiger partial charge in [-0.15, -0.1) is 0 Å². The molecule has 0 radical (unpaired) electrons. The molecule has 0 bridgehead atoms. The van der Waals surface area contributed by atoms with E-state index in [-0.39, 0.29) is 18.0 Å². The fourth-order valence-electron chi connectivity index (χ4n) is 3.15. The Hall–Kier alpha value is -1.63. The van der Waals surface area contributed by atoms with E-state index >= 15 is 0 Å². The van der Waals surface area contributed by atoms with Crippen molar-refractivity contribution >= 4 is 21.6 Å². The van der Waals surface area contributed by atoms with Crippen LogP contribution in [0, 0.1) is 5.82 Å². The number of anilines is 1. The van der Waals surface area contributed by atoms with Gasteiger partial charge in [0, 0.05) is 13.1 Å². The van der Waals surface area contributed by atoms with Gasteiger partial charge in [0.05, 0.1) is 11.9 Å². The monoisotopic (exact) mass is 356 g/mol. The highest BCUT2D eigenvalue weighted by Crippen LogP contribution is 2.26. The lowest BCUT2D eigenvalue weighted by atomic mass is 10.1. The van der Waals surface area contributed by atoms with E-state index in [9.17, 15) is 17.6 Å². The van der Waals surface area contributed by atoms with Crippen molar-refractivity contribution in [2.45, 2.75) is 45.1 Å². The first-order chi connectivity index (χ1) is 11.4. The Bertz CT molecular complexity index is 670. The number of likely N-dealkylation sites (tertiary alicyclic amines) is 1. The summed E-state index contributed by atoms with van der Waals surface area (Å²) in [5.74, 6) is -0.891. The Morgan fingerprint density at radius 3 is 2.29 bits per heavy atom. The van der Waals surface area contributed by atoms with E-state index in [1.165, 1.54) is 18.2 Å². The van der Waals surface area contributed by atoms with Crippen molar-refractivity contribution < 1.29 is 17.6 Å². The first-order valence-electron chi connectivity index (χ1n) is 8.39. The maximum atomic E-state index is 14.2. The van der Waals surface area contributed by atoms with Crippen LogP contribution in [-0.2, 0) is 14.8 Å². The molecule has 0 aliphatic carbocycles. The zero-order valence-electron chi connectivity index (χ0n) is 14.2. The standard InChI is InChI=1S/C17H25FN2O3S/c1-3-15(17(21)19-12-8-4-5-9-13-19)20(24(2,22)23)16-11-7-6-10-14(16)18/h6-7,10-11,15H,3-5,8-9,12-13H2,1-2H3/t15-/m1/s1. The molecule has 0 aromatic heterocycles. The average molecular weight is 356 g/mol. The predicted molar refractivity (Wildman–Crippen MR) is 92.8 cm³/mol. The second-order valence-electron chi connectivity index (χ2n) is 6.17. The van der Waals surface area contributed by atoms with Crippen LogP contribution in [0.4, 0.5) is 10.1 Å². The molecule has 7 heteroatoms. The molecule has 1 aromatic rings. The summed E-state index contributed by atoms with van der Waals surface area (Å²) in [6.07, 6.45) is 5.28. The number of rotatable bonds is 5. The molecule has 0 unspecified atom stereocenters. The van der Waals surface area contributed by atoms with Crippen LogP contribution in [0.3, 0.4) is 0 Å². The molecular weight excluding hydrogens is 331 g/mol. The van der Waals surface area contributed by atoms with Crippen LogP contribution >= 0.6 is 0 Å². The van der Waals surface area contributed by atoms with Gasteiger partial charge in [-0.25, -0.2) is 12.8 Å². The van der Waals surface area contributed by atoms with Gasteiger partial charge in [0.2, 0.25) is 15.9 Å². The highest BCUT2D eigenvalue weighted by Gasteiger charge is 2.35. The predicted octanol–water partition coefficient (Wildman–Crippen LogP) is 2.77. The maximum absolute atomic E-state index is 14.2. The van der Waals surface area contributed by atoms with Gasteiger partial charge in [0.1, 0.15) is 11.9 Å². The number of carbonyl (C=O) groups is 1. The molecular formula is C17H25FN2O3S. The minimum absolute atomic E-state index is 0.0741. The molecule has 0 spiro atoms. The number of para-hydroxylation sites is 1. The van der Waals surface area contributed by atoms with E-state index in [2.05, 4.69) is 0 Å². The van der Waals surface area contributed by atoms with Gasteiger partial charge < -0.3 is 4.90 Å². The van der Waals surface area contributed by atoms with Gasteiger partial charge in [0.15, 0.2) is 0 Å². The summed E-state index contributed by atoms with van der Waals surface area (Å²) < 4.78 is 39.8. The highest BCUT2D eigenvalue weighted by atomic mass is 32.2. The fraction of sp³-hybridized carbons (Fsp3) is 0.588. The molecule has 1 aliphatic rings. The third-order valence-corrected chi connectivity index (χ3v) is 5.49. The summed E-state index contributed by atoms with van der Waals surface area (Å²) >= 11 is 0. The molecule has 0 N–H and O–H groups in total. The smallest absolute Gasteiger partial charge is 0.246 e. The molecule has 0 saturated carbocycles. The van der Waals surface area contributed by atoms with Crippen molar-refractivity contribution in [1.29, 1.82) is 0 Å². The van der Waals surface area contributed by atoms with Gasteiger partial charge >= 0.3 is 0 Å². The highest BCUT2D eigenvalue weighted by molar-refractivity contribution is 7.92. The van der Waals surface area contributed by atoms with Crippen LogP contribution in [0.15, 0.2) is 24.3 Å². The number of halogens is 1. The molecule has 134 valence electrons. The van der Waals surface area contributed by atoms with Gasteiger partial charge in [-0.2, -0.15) is 0 Å². The lowest BCUT2D eigenvalue weighted by molar-refractivity contribution is -0.132. The van der Waals surface area contributed by atoms with Crippen molar-refractivity contribution in [3.05, 3.63) is 30.1 Å². The normalized spacial score (nSPS) is 17.2. The number of hydrogen-bond donors (Lipinski definition) is 0. The number of carbonyl (C=O) groups excluding carboxylic acids is 1. The number of benzene rings is 1. The molecule has 1 atom stereocenters. The Morgan fingerprint density at radius 1 is 1.21 bits per heavy atom. The van der Waals surface area contributed by atoms with Crippen LogP contribution in [0.25, 0.3) is 0 Å². The second kappa shape index (κ2) is 7.96. The van der Waals surface area contributed by atoms with Gasteiger partial charge in [-0.3, -0.25) is 9.10 Å². The summed E-state index contributed by atoms with van der Waals surface area (Å²) in [4.78, 5) is 14.7. The van der Waals surface area contributed by atoms with Crippen molar-refractivity contribution in [2.24, 2.45) is 0 Å². The van der Waals surface area contributed by atoms with Crippen LogP contribution in [0.1, 0.15) is 39.0 Å². The second-order valence-corrected chi connectivity index (χ2v) is 8.03. The van der Waals surface area contributed by atoms with Crippen LogP contribution in [0.2, 0.25) is 0 Å². The average Bonchev–Trinajstić information content (AvgIpc) is 2.81. The first-order valence-corrected chi connectivity index (χ1v) is 10.2. The molecule has 1 saturated heterocycles. The minimum atomic E-state index is -3.80. The van der Waals surface area contributed by atoms with Gasteiger partial charge in [-0.1, -0.05) is 31.9 Å². The summed E-state index contributed by atoms with van der Waals surface area (Å²) in [5, 5.41) is 0. The molecule has 24 heavy (non-hydrogen) atoms. The lowest BCUT2D eigenvalue weighted by Crippen LogP contribution is -2.51. The number of sulfonamides is 1.